The Kier molecular flexibility index (Phi) is 8.57. The van der Waals surface area contributed by atoms with Gasteiger partial charge in [0.15, 0.2) is 0 Å². The molecule has 1 atom stereocenters. The molecule has 0 bridgehead atoms. The van der Waals surface area contributed by atoms with Crippen molar-refractivity contribution in [2.45, 2.75) is 52.1 Å². The first-order valence-corrected chi connectivity index (χ1v) is 5.03. The van der Waals surface area contributed by atoms with Crippen LogP contribution < -0.4 is 0 Å². The molecule has 0 aliphatic carbocycles. The standard InChI is InChI=1S/C11H22O/c1-4-6-7-8-9-11(3)12-10-5-2/h4,11H,1,5-10H2,2-3H3. The molecule has 0 aromatic heterocycles. The lowest BCUT2D eigenvalue weighted by molar-refractivity contribution is 0.0591. The largest absolute Gasteiger partial charge is 0.379 e. The fourth-order valence-electron chi connectivity index (χ4n) is 1.12. The molecule has 0 saturated heterocycles. The lowest BCUT2D eigenvalue weighted by atomic mass is 10.1. The van der Waals surface area contributed by atoms with E-state index >= 15 is 0 Å². The molecule has 0 aromatic carbocycles. The van der Waals surface area contributed by atoms with Crippen LogP contribution in [0.4, 0.5) is 0 Å². The molecule has 1 heteroatoms. The van der Waals surface area contributed by atoms with Crippen molar-refractivity contribution in [2.24, 2.45) is 0 Å². The van der Waals surface area contributed by atoms with E-state index in [0.29, 0.717) is 6.10 Å². The van der Waals surface area contributed by atoms with Gasteiger partial charge >= 0.3 is 0 Å². The number of hydrogen-bond acceptors (Lipinski definition) is 1. The van der Waals surface area contributed by atoms with Crippen molar-refractivity contribution >= 4 is 0 Å². The quantitative estimate of drug-likeness (QED) is 0.400. The monoisotopic (exact) mass is 170 g/mol. The lowest BCUT2D eigenvalue weighted by Crippen LogP contribution is -2.08. The Morgan fingerprint density at radius 1 is 1.42 bits per heavy atom. The average molecular weight is 170 g/mol. The molecular formula is C11H22O. The average Bonchev–Trinajstić information content (AvgIpc) is 2.09. The molecule has 0 rings (SSSR count). The molecule has 0 radical (unpaired) electrons. The Balaban J connectivity index is 3.07. The molecule has 0 amide bonds. The SMILES string of the molecule is C=CCCCCC(C)OCCC. The van der Waals surface area contributed by atoms with Crippen LogP contribution in [0.2, 0.25) is 0 Å². The van der Waals surface area contributed by atoms with Crippen molar-refractivity contribution in [3.63, 3.8) is 0 Å². The molecule has 1 nitrogen and oxygen atoms in total. The normalized spacial score (nSPS) is 12.8. The van der Waals surface area contributed by atoms with Gasteiger partial charge in [-0.2, -0.15) is 0 Å². The van der Waals surface area contributed by atoms with Crippen molar-refractivity contribution in [2.75, 3.05) is 6.61 Å². The third-order valence-corrected chi connectivity index (χ3v) is 1.88. The van der Waals surface area contributed by atoms with Crippen LogP contribution in [0.15, 0.2) is 12.7 Å². The summed E-state index contributed by atoms with van der Waals surface area (Å²) in [7, 11) is 0. The van der Waals surface area contributed by atoms with Gasteiger partial charge < -0.3 is 4.74 Å². The van der Waals surface area contributed by atoms with Gasteiger partial charge in [-0.1, -0.05) is 19.4 Å². The first-order valence-electron chi connectivity index (χ1n) is 5.03. The molecule has 0 heterocycles. The summed E-state index contributed by atoms with van der Waals surface area (Å²) in [6.07, 6.45) is 8.39. The van der Waals surface area contributed by atoms with Crippen molar-refractivity contribution in [3.05, 3.63) is 12.7 Å². The van der Waals surface area contributed by atoms with Crippen molar-refractivity contribution in [1.82, 2.24) is 0 Å². The van der Waals surface area contributed by atoms with Gasteiger partial charge in [0.1, 0.15) is 0 Å². The van der Waals surface area contributed by atoms with Gasteiger partial charge in [-0.25, -0.2) is 0 Å². The minimum absolute atomic E-state index is 0.440. The third kappa shape index (κ3) is 7.80. The van der Waals surface area contributed by atoms with E-state index in [0.717, 1.165) is 19.4 Å². The number of hydrogen-bond donors (Lipinski definition) is 0. The molecule has 0 aliphatic rings. The van der Waals surface area contributed by atoms with Crippen LogP contribution in [0.1, 0.15) is 46.0 Å². The molecule has 1 unspecified atom stereocenters. The maximum atomic E-state index is 5.55. The van der Waals surface area contributed by atoms with Crippen molar-refractivity contribution in [1.29, 1.82) is 0 Å². The highest BCUT2D eigenvalue weighted by Gasteiger charge is 1.99. The molecule has 72 valence electrons. The summed E-state index contributed by atoms with van der Waals surface area (Å²) in [5, 5.41) is 0. The smallest absolute Gasteiger partial charge is 0.0547 e. The summed E-state index contributed by atoms with van der Waals surface area (Å²) < 4.78 is 5.55. The van der Waals surface area contributed by atoms with Crippen LogP contribution in [0.3, 0.4) is 0 Å². The van der Waals surface area contributed by atoms with E-state index in [4.69, 9.17) is 4.74 Å². The lowest BCUT2D eigenvalue weighted by Gasteiger charge is -2.11. The molecule has 0 saturated carbocycles. The highest BCUT2D eigenvalue weighted by Crippen LogP contribution is 2.06. The number of allylic oxidation sites excluding steroid dienone is 1. The maximum Gasteiger partial charge on any atom is 0.0547 e. The molecule has 0 fully saturated rings. The van der Waals surface area contributed by atoms with Crippen LogP contribution in [-0.2, 0) is 4.74 Å². The van der Waals surface area contributed by atoms with Crippen LogP contribution in [0.25, 0.3) is 0 Å². The Morgan fingerprint density at radius 2 is 2.17 bits per heavy atom. The van der Waals surface area contributed by atoms with Crippen LogP contribution in [-0.4, -0.2) is 12.7 Å². The van der Waals surface area contributed by atoms with Crippen LogP contribution in [0, 0.1) is 0 Å². The summed E-state index contributed by atoms with van der Waals surface area (Å²) in [6.45, 7) is 8.90. The second kappa shape index (κ2) is 8.79. The molecular weight excluding hydrogens is 148 g/mol. The summed E-state index contributed by atoms with van der Waals surface area (Å²) in [5.74, 6) is 0. The summed E-state index contributed by atoms with van der Waals surface area (Å²) in [4.78, 5) is 0. The highest BCUT2D eigenvalue weighted by atomic mass is 16.5. The zero-order valence-corrected chi connectivity index (χ0v) is 8.51. The Labute approximate surface area is 76.8 Å². The van der Waals surface area contributed by atoms with E-state index in [-0.39, 0.29) is 0 Å². The van der Waals surface area contributed by atoms with Gasteiger partial charge in [0.05, 0.1) is 6.10 Å². The number of ether oxygens (including phenoxy) is 1. The van der Waals surface area contributed by atoms with E-state index in [9.17, 15) is 0 Å². The second-order valence-electron chi connectivity index (χ2n) is 3.25. The van der Waals surface area contributed by atoms with E-state index in [1.807, 2.05) is 6.08 Å². The van der Waals surface area contributed by atoms with Gasteiger partial charge in [-0.05, 0) is 32.6 Å². The van der Waals surface area contributed by atoms with Gasteiger partial charge in [0.2, 0.25) is 0 Å². The van der Waals surface area contributed by atoms with Gasteiger partial charge in [0, 0.05) is 6.61 Å². The zero-order chi connectivity index (χ0) is 9.23. The molecule has 0 spiro atoms. The van der Waals surface area contributed by atoms with Gasteiger partial charge in [-0.15, -0.1) is 6.58 Å². The third-order valence-electron chi connectivity index (χ3n) is 1.88. The predicted octanol–water partition coefficient (Wildman–Crippen LogP) is 3.55. The minimum Gasteiger partial charge on any atom is -0.379 e. The van der Waals surface area contributed by atoms with Crippen LogP contribution >= 0.6 is 0 Å². The highest BCUT2D eigenvalue weighted by molar-refractivity contribution is 4.65. The van der Waals surface area contributed by atoms with Crippen molar-refractivity contribution < 1.29 is 4.74 Å². The van der Waals surface area contributed by atoms with Gasteiger partial charge in [-0.3, -0.25) is 0 Å². The van der Waals surface area contributed by atoms with E-state index in [2.05, 4.69) is 20.4 Å². The van der Waals surface area contributed by atoms with E-state index < -0.39 is 0 Å². The predicted molar refractivity (Wildman–Crippen MR) is 54.4 cm³/mol. The Bertz CT molecular complexity index is 99.2. The second-order valence-corrected chi connectivity index (χ2v) is 3.25. The summed E-state index contributed by atoms with van der Waals surface area (Å²) >= 11 is 0. The Hall–Kier alpha value is -0.300. The number of unbranched alkanes of at least 4 members (excludes halogenated alkanes) is 2. The summed E-state index contributed by atoms with van der Waals surface area (Å²) in [6, 6.07) is 0. The number of rotatable bonds is 8. The minimum atomic E-state index is 0.440. The maximum absolute atomic E-state index is 5.55. The topological polar surface area (TPSA) is 9.23 Å². The first-order chi connectivity index (χ1) is 5.81. The fourth-order valence-corrected chi connectivity index (χ4v) is 1.12. The molecule has 0 aromatic rings. The van der Waals surface area contributed by atoms with Crippen LogP contribution in [0.5, 0.6) is 0 Å². The van der Waals surface area contributed by atoms with E-state index in [1.165, 1.54) is 19.3 Å². The molecule has 0 N–H and O–H groups in total. The zero-order valence-electron chi connectivity index (χ0n) is 8.51. The Morgan fingerprint density at radius 3 is 2.75 bits per heavy atom. The fraction of sp³-hybridized carbons (Fsp3) is 0.818. The first kappa shape index (κ1) is 11.7. The van der Waals surface area contributed by atoms with Gasteiger partial charge in [0.25, 0.3) is 0 Å². The summed E-state index contributed by atoms with van der Waals surface area (Å²) in [5.41, 5.74) is 0. The van der Waals surface area contributed by atoms with E-state index in [1.54, 1.807) is 0 Å². The molecule has 12 heavy (non-hydrogen) atoms. The molecule has 0 aliphatic heterocycles. The van der Waals surface area contributed by atoms with Crippen molar-refractivity contribution in [3.8, 4) is 0 Å².